The van der Waals surface area contributed by atoms with E-state index in [9.17, 15) is 4.39 Å². The summed E-state index contributed by atoms with van der Waals surface area (Å²) in [6.45, 7) is 3.62. The van der Waals surface area contributed by atoms with Gasteiger partial charge in [-0.05, 0) is 37.8 Å². The molecule has 0 radical (unpaired) electrons. The summed E-state index contributed by atoms with van der Waals surface area (Å²) in [5.41, 5.74) is 2.09. The third-order valence-corrected chi connectivity index (χ3v) is 3.59. The van der Waals surface area contributed by atoms with E-state index in [2.05, 4.69) is 20.4 Å². The number of aryl methyl sites for hydroxylation is 2. The Bertz CT molecular complexity index is 814. The molecular weight excluding hydrogens is 289 g/mol. The highest BCUT2D eigenvalue weighted by Crippen LogP contribution is 2.21. The molecule has 5 nitrogen and oxygen atoms in total. The third kappa shape index (κ3) is 2.69. The molecule has 0 spiro atoms. The van der Waals surface area contributed by atoms with E-state index < -0.39 is 0 Å². The standard InChI is InChI=1S/C14H14FN5S/c1-8-4-5-10(7-11(8)15)17-12-6-9(2)16-13-18-14(21-3)19-20(12)13/h4-7,17H,1-3H3. The number of rotatable bonds is 3. The Morgan fingerprint density at radius 1 is 1.19 bits per heavy atom. The zero-order chi connectivity index (χ0) is 15.0. The topological polar surface area (TPSA) is 55.1 Å². The molecule has 0 amide bonds. The van der Waals surface area contributed by atoms with Gasteiger partial charge in [0.2, 0.25) is 5.16 Å². The summed E-state index contributed by atoms with van der Waals surface area (Å²) < 4.78 is 15.3. The molecule has 3 aromatic rings. The Balaban J connectivity index is 2.06. The van der Waals surface area contributed by atoms with Crippen molar-refractivity contribution in [1.82, 2.24) is 19.6 Å². The summed E-state index contributed by atoms with van der Waals surface area (Å²) in [6, 6.07) is 6.87. The molecule has 2 heterocycles. The van der Waals surface area contributed by atoms with Gasteiger partial charge in [-0.2, -0.15) is 9.50 Å². The molecule has 21 heavy (non-hydrogen) atoms. The predicted octanol–water partition coefficient (Wildman–Crippen LogP) is 3.35. The number of anilines is 2. The minimum atomic E-state index is -0.245. The molecule has 0 aliphatic rings. The SMILES string of the molecule is CSc1nc2nc(C)cc(Nc3ccc(C)c(F)c3)n2n1. The van der Waals surface area contributed by atoms with Crippen molar-refractivity contribution in [3.63, 3.8) is 0 Å². The van der Waals surface area contributed by atoms with Crippen molar-refractivity contribution in [2.45, 2.75) is 19.0 Å². The molecule has 1 N–H and O–H groups in total. The van der Waals surface area contributed by atoms with Gasteiger partial charge in [0, 0.05) is 17.4 Å². The molecule has 0 aliphatic carbocycles. The first-order valence-corrected chi connectivity index (χ1v) is 7.61. The van der Waals surface area contributed by atoms with Crippen LogP contribution in [0.15, 0.2) is 29.4 Å². The normalized spacial score (nSPS) is 11.0. The quantitative estimate of drug-likeness (QED) is 0.752. The smallest absolute Gasteiger partial charge is 0.255 e. The van der Waals surface area contributed by atoms with Crippen LogP contribution in [-0.4, -0.2) is 25.8 Å². The van der Waals surface area contributed by atoms with Crippen molar-refractivity contribution in [2.75, 3.05) is 11.6 Å². The van der Waals surface area contributed by atoms with Crippen LogP contribution in [0, 0.1) is 19.7 Å². The number of nitrogens with one attached hydrogen (secondary N) is 1. The van der Waals surface area contributed by atoms with Crippen molar-refractivity contribution in [3.05, 3.63) is 41.3 Å². The average molecular weight is 303 g/mol. The fraction of sp³-hybridized carbons (Fsp3) is 0.214. The van der Waals surface area contributed by atoms with Gasteiger partial charge in [-0.25, -0.2) is 9.37 Å². The van der Waals surface area contributed by atoms with Crippen molar-refractivity contribution in [3.8, 4) is 0 Å². The maximum Gasteiger partial charge on any atom is 0.255 e. The van der Waals surface area contributed by atoms with Crippen LogP contribution < -0.4 is 5.32 Å². The number of aromatic nitrogens is 4. The van der Waals surface area contributed by atoms with Crippen LogP contribution in [0.25, 0.3) is 5.78 Å². The Hall–Kier alpha value is -2.15. The van der Waals surface area contributed by atoms with E-state index in [0.29, 0.717) is 28.0 Å². The molecule has 1 aromatic carbocycles. The number of benzene rings is 1. The first kappa shape index (κ1) is 13.8. The summed E-state index contributed by atoms with van der Waals surface area (Å²) >= 11 is 1.45. The van der Waals surface area contributed by atoms with Crippen LogP contribution in [-0.2, 0) is 0 Å². The van der Waals surface area contributed by atoms with Gasteiger partial charge >= 0.3 is 0 Å². The minimum absolute atomic E-state index is 0.245. The molecule has 0 unspecified atom stereocenters. The van der Waals surface area contributed by atoms with Gasteiger partial charge in [0.05, 0.1) is 0 Å². The van der Waals surface area contributed by atoms with E-state index in [-0.39, 0.29) is 5.82 Å². The molecule has 2 aromatic heterocycles. The molecule has 0 atom stereocenters. The van der Waals surface area contributed by atoms with Crippen LogP contribution in [0.4, 0.5) is 15.9 Å². The highest BCUT2D eigenvalue weighted by atomic mass is 32.2. The van der Waals surface area contributed by atoms with Crippen LogP contribution in [0.1, 0.15) is 11.3 Å². The second kappa shape index (κ2) is 5.33. The lowest BCUT2D eigenvalue weighted by Crippen LogP contribution is -2.03. The zero-order valence-corrected chi connectivity index (χ0v) is 12.7. The molecule has 0 aliphatic heterocycles. The van der Waals surface area contributed by atoms with E-state index in [4.69, 9.17) is 0 Å². The summed E-state index contributed by atoms with van der Waals surface area (Å²) in [5.74, 6) is 0.980. The molecule has 0 fully saturated rings. The summed E-state index contributed by atoms with van der Waals surface area (Å²) in [4.78, 5) is 8.66. The third-order valence-electron chi connectivity index (χ3n) is 3.05. The molecule has 0 saturated carbocycles. The monoisotopic (exact) mass is 303 g/mol. The van der Waals surface area contributed by atoms with Gasteiger partial charge in [-0.15, -0.1) is 5.10 Å². The van der Waals surface area contributed by atoms with Crippen molar-refractivity contribution < 1.29 is 4.39 Å². The lowest BCUT2D eigenvalue weighted by molar-refractivity contribution is 0.619. The number of hydrogen-bond acceptors (Lipinski definition) is 5. The van der Waals surface area contributed by atoms with Crippen LogP contribution >= 0.6 is 11.8 Å². The molecule has 7 heteroatoms. The second-order valence-electron chi connectivity index (χ2n) is 4.68. The van der Waals surface area contributed by atoms with E-state index >= 15 is 0 Å². The van der Waals surface area contributed by atoms with Gasteiger partial charge in [0.25, 0.3) is 5.78 Å². The fourth-order valence-electron chi connectivity index (χ4n) is 1.96. The van der Waals surface area contributed by atoms with Gasteiger partial charge in [0.1, 0.15) is 11.6 Å². The van der Waals surface area contributed by atoms with E-state index in [1.807, 2.05) is 25.3 Å². The lowest BCUT2D eigenvalue weighted by Gasteiger charge is -2.09. The van der Waals surface area contributed by atoms with Crippen LogP contribution in [0.3, 0.4) is 0 Å². The first-order valence-electron chi connectivity index (χ1n) is 6.38. The number of thioether (sulfide) groups is 1. The largest absolute Gasteiger partial charge is 0.340 e. The molecule has 3 rings (SSSR count). The molecule has 108 valence electrons. The Morgan fingerprint density at radius 2 is 2.00 bits per heavy atom. The predicted molar refractivity (Wildman–Crippen MR) is 81.7 cm³/mol. The first-order chi connectivity index (χ1) is 10.1. The summed E-state index contributed by atoms with van der Waals surface area (Å²) in [7, 11) is 0. The Kier molecular flexibility index (Phi) is 3.50. The number of nitrogens with zero attached hydrogens (tertiary/aromatic N) is 4. The van der Waals surface area contributed by atoms with Crippen molar-refractivity contribution in [2.24, 2.45) is 0 Å². The van der Waals surface area contributed by atoms with E-state index in [1.54, 1.807) is 17.5 Å². The maximum absolute atomic E-state index is 13.6. The Labute approximate surface area is 125 Å². The molecule has 0 saturated heterocycles. The van der Waals surface area contributed by atoms with Gasteiger partial charge in [-0.1, -0.05) is 17.8 Å². The van der Waals surface area contributed by atoms with Crippen molar-refractivity contribution in [1.29, 1.82) is 0 Å². The summed E-state index contributed by atoms with van der Waals surface area (Å²) in [6.07, 6.45) is 1.91. The summed E-state index contributed by atoms with van der Waals surface area (Å²) in [5, 5.41) is 8.17. The highest BCUT2D eigenvalue weighted by Gasteiger charge is 2.10. The fourth-order valence-corrected chi connectivity index (χ4v) is 2.30. The minimum Gasteiger partial charge on any atom is -0.340 e. The van der Waals surface area contributed by atoms with E-state index in [0.717, 1.165) is 5.69 Å². The second-order valence-corrected chi connectivity index (χ2v) is 5.46. The van der Waals surface area contributed by atoms with Gasteiger partial charge in [0.15, 0.2) is 0 Å². The zero-order valence-electron chi connectivity index (χ0n) is 11.9. The van der Waals surface area contributed by atoms with E-state index in [1.165, 1.54) is 17.8 Å². The number of fused-ring (bicyclic) bond motifs is 1. The van der Waals surface area contributed by atoms with Crippen molar-refractivity contribution >= 4 is 29.0 Å². The van der Waals surface area contributed by atoms with Crippen LogP contribution in [0.2, 0.25) is 0 Å². The van der Waals surface area contributed by atoms with Gasteiger partial charge < -0.3 is 5.32 Å². The van der Waals surface area contributed by atoms with Gasteiger partial charge in [-0.3, -0.25) is 0 Å². The maximum atomic E-state index is 13.6. The number of halogens is 1. The highest BCUT2D eigenvalue weighted by molar-refractivity contribution is 7.98. The average Bonchev–Trinajstić information content (AvgIpc) is 2.86. The Morgan fingerprint density at radius 3 is 2.71 bits per heavy atom. The lowest BCUT2D eigenvalue weighted by atomic mass is 10.2. The number of hydrogen-bond donors (Lipinski definition) is 1. The van der Waals surface area contributed by atoms with Crippen LogP contribution in [0.5, 0.6) is 0 Å². The molecular formula is C14H14FN5S. The molecule has 0 bridgehead atoms.